The molecule has 0 saturated heterocycles. The Kier molecular flexibility index (Phi) is 7.48. The number of nitrogens with zero attached hydrogens (tertiary/aromatic N) is 2. The van der Waals surface area contributed by atoms with Crippen LogP contribution in [0.25, 0.3) is 0 Å². The zero-order chi connectivity index (χ0) is 19.8. The highest BCUT2D eigenvalue weighted by molar-refractivity contribution is 7.09. The minimum absolute atomic E-state index is 0.0307. The molecule has 144 valence electrons. The Bertz CT molecular complexity index is 791. The van der Waals surface area contributed by atoms with Gasteiger partial charge in [0.15, 0.2) is 0 Å². The molecular formula is C19H23N3O4S. The maximum Gasteiger partial charge on any atom is 0.326 e. The van der Waals surface area contributed by atoms with E-state index in [4.69, 9.17) is 0 Å². The van der Waals surface area contributed by atoms with Crippen LogP contribution in [-0.2, 0) is 27.2 Å². The molecule has 7 nitrogen and oxygen atoms in total. The quantitative estimate of drug-likeness (QED) is 0.680. The van der Waals surface area contributed by atoms with Crippen molar-refractivity contribution in [2.24, 2.45) is 0 Å². The van der Waals surface area contributed by atoms with E-state index in [1.165, 1.54) is 30.1 Å². The topological polar surface area (TPSA) is 99.6 Å². The van der Waals surface area contributed by atoms with E-state index in [2.05, 4.69) is 10.3 Å². The summed E-state index contributed by atoms with van der Waals surface area (Å²) in [6, 6.07) is 8.94. The third-order valence-electron chi connectivity index (χ3n) is 4.00. The van der Waals surface area contributed by atoms with Crippen LogP contribution in [0.1, 0.15) is 30.1 Å². The number of hydrogen-bond donors (Lipinski definition) is 2. The second kappa shape index (κ2) is 9.82. The summed E-state index contributed by atoms with van der Waals surface area (Å²) >= 11 is 1.48. The first kappa shape index (κ1) is 20.6. The lowest BCUT2D eigenvalue weighted by molar-refractivity contribution is -0.149. The molecule has 0 bridgehead atoms. The van der Waals surface area contributed by atoms with E-state index in [1.54, 1.807) is 0 Å². The molecule has 1 unspecified atom stereocenters. The average Bonchev–Trinajstić information content (AvgIpc) is 3.05. The van der Waals surface area contributed by atoms with Crippen LogP contribution >= 0.6 is 11.3 Å². The summed E-state index contributed by atoms with van der Waals surface area (Å²) in [6.45, 7) is 3.16. The number of rotatable bonds is 9. The summed E-state index contributed by atoms with van der Waals surface area (Å²) < 4.78 is 0. The summed E-state index contributed by atoms with van der Waals surface area (Å²) in [4.78, 5) is 40.7. The van der Waals surface area contributed by atoms with Gasteiger partial charge in [-0.05, 0) is 12.5 Å². The molecule has 1 aromatic heterocycles. The van der Waals surface area contributed by atoms with Crippen molar-refractivity contribution in [3.63, 3.8) is 0 Å². The lowest BCUT2D eigenvalue weighted by Crippen LogP contribution is -2.47. The van der Waals surface area contributed by atoms with Gasteiger partial charge in [-0.25, -0.2) is 9.78 Å². The molecule has 0 aliphatic carbocycles. The Morgan fingerprint density at radius 2 is 1.96 bits per heavy atom. The van der Waals surface area contributed by atoms with Crippen LogP contribution in [0, 0.1) is 0 Å². The molecule has 2 rings (SSSR count). The van der Waals surface area contributed by atoms with Gasteiger partial charge >= 0.3 is 5.97 Å². The molecule has 2 amide bonds. The van der Waals surface area contributed by atoms with Crippen LogP contribution in [-0.4, -0.2) is 51.9 Å². The number of thiazole rings is 1. The van der Waals surface area contributed by atoms with Gasteiger partial charge in [-0.2, -0.15) is 0 Å². The van der Waals surface area contributed by atoms with E-state index in [1.807, 2.05) is 35.7 Å². The van der Waals surface area contributed by atoms with Gasteiger partial charge in [0.25, 0.3) is 0 Å². The van der Waals surface area contributed by atoms with Gasteiger partial charge in [0.2, 0.25) is 11.8 Å². The average molecular weight is 389 g/mol. The molecule has 0 fully saturated rings. The maximum absolute atomic E-state index is 12.6. The molecule has 2 aromatic rings. The third-order valence-corrected chi connectivity index (χ3v) is 4.90. The van der Waals surface area contributed by atoms with Gasteiger partial charge in [0.05, 0.1) is 17.1 Å². The van der Waals surface area contributed by atoms with Crippen molar-refractivity contribution in [1.29, 1.82) is 0 Å². The summed E-state index contributed by atoms with van der Waals surface area (Å²) in [5.41, 5.74) is 1.76. The number of carboxylic acid groups (broad SMARTS) is 1. The second-order valence-electron chi connectivity index (χ2n) is 6.16. The van der Waals surface area contributed by atoms with Crippen molar-refractivity contribution in [3.05, 3.63) is 52.0 Å². The zero-order valence-corrected chi connectivity index (χ0v) is 16.2. The van der Waals surface area contributed by atoms with E-state index in [0.29, 0.717) is 12.1 Å². The normalized spacial score (nSPS) is 11.6. The van der Waals surface area contributed by atoms with Crippen molar-refractivity contribution in [3.8, 4) is 0 Å². The van der Waals surface area contributed by atoms with Crippen molar-refractivity contribution >= 4 is 29.1 Å². The fraction of sp³-hybridized carbons (Fsp3) is 0.368. The molecular weight excluding hydrogens is 366 g/mol. The minimum Gasteiger partial charge on any atom is -0.480 e. The van der Waals surface area contributed by atoms with E-state index in [9.17, 15) is 19.5 Å². The van der Waals surface area contributed by atoms with Gasteiger partial charge in [0, 0.05) is 31.8 Å². The van der Waals surface area contributed by atoms with Gasteiger partial charge in [0.1, 0.15) is 6.04 Å². The number of aromatic nitrogens is 1. The number of amides is 2. The van der Waals surface area contributed by atoms with Crippen LogP contribution in [0.4, 0.5) is 0 Å². The van der Waals surface area contributed by atoms with E-state index in [-0.39, 0.29) is 31.3 Å². The summed E-state index contributed by atoms with van der Waals surface area (Å²) in [5, 5.41) is 14.6. The largest absolute Gasteiger partial charge is 0.480 e. The van der Waals surface area contributed by atoms with Gasteiger partial charge < -0.3 is 15.3 Å². The molecule has 1 heterocycles. The highest BCUT2D eigenvalue weighted by Crippen LogP contribution is 2.16. The molecule has 0 spiro atoms. The fourth-order valence-electron chi connectivity index (χ4n) is 2.56. The zero-order valence-electron chi connectivity index (χ0n) is 15.3. The first-order chi connectivity index (χ1) is 12.9. The minimum atomic E-state index is -1.09. The number of carboxylic acids is 1. The predicted octanol–water partition coefficient (Wildman–Crippen LogP) is 1.71. The molecule has 2 N–H and O–H groups in total. The van der Waals surface area contributed by atoms with Crippen LogP contribution in [0.5, 0.6) is 0 Å². The molecule has 0 radical (unpaired) electrons. The van der Waals surface area contributed by atoms with Crippen LogP contribution in [0.15, 0.2) is 35.7 Å². The van der Waals surface area contributed by atoms with Crippen LogP contribution < -0.4 is 5.32 Å². The Morgan fingerprint density at radius 3 is 2.59 bits per heavy atom. The molecule has 1 atom stereocenters. The number of hydrogen-bond acceptors (Lipinski definition) is 5. The Morgan fingerprint density at radius 1 is 1.26 bits per heavy atom. The number of carbonyl (C=O) groups excluding carboxylic acids is 2. The first-order valence-corrected chi connectivity index (χ1v) is 9.48. The molecule has 0 aliphatic heterocycles. The van der Waals surface area contributed by atoms with Crippen LogP contribution in [0.3, 0.4) is 0 Å². The van der Waals surface area contributed by atoms with E-state index < -0.39 is 12.0 Å². The summed E-state index contributed by atoms with van der Waals surface area (Å²) in [6.07, 6.45) is 0.723. The summed E-state index contributed by atoms with van der Waals surface area (Å²) in [7, 11) is 0. The standard InChI is InChI=1S/C19H23N3O4S/c1-13(19(25)26)22(9-8-20-14(2)23)18(24)11-16-12-27-17(21-16)10-15-6-4-3-5-7-15/h3-7,12-13H,8-11H2,1-2H3,(H,20,23)(H,25,26). The summed E-state index contributed by atoms with van der Waals surface area (Å²) in [5.74, 6) is -1.64. The SMILES string of the molecule is CC(=O)NCCN(C(=O)Cc1csc(Cc2ccccc2)n1)C(C)C(=O)O. The second-order valence-corrected chi connectivity index (χ2v) is 7.10. The van der Waals surface area contributed by atoms with Gasteiger partial charge in [-0.1, -0.05) is 30.3 Å². The van der Waals surface area contributed by atoms with Crippen LogP contribution in [0.2, 0.25) is 0 Å². The highest BCUT2D eigenvalue weighted by Gasteiger charge is 2.25. The highest BCUT2D eigenvalue weighted by atomic mass is 32.1. The van der Waals surface area contributed by atoms with Crippen molar-refractivity contribution in [1.82, 2.24) is 15.2 Å². The van der Waals surface area contributed by atoms with Crippen molar-refractivity contribution in [2.45, 2.75) is 32.7 Å². The number of benzene rings is 1. The molecule has 1 aromatic carbocycles. The smallest absolute Gasteiger partial charge is 0.326 e. The third kappa shape index (κ3) is 6.49. The first-order valence-electron chi connectivity index (χ1n) is 8.60. The number of carbonyl (C=O) groups is 3. The maximum atomic E-state index is 12.6. The number of aliphatic carboxylic acids is 1. The molecule has 8 heteroatoms. The Labute approximate surface area is 162 Å². The van der Waals surface area contributed by atoms with Crippen molar-refractivity contribution < 1.29 is 19.5 Å². The molecule has 0 aliphatic rings. The molecule has 27 heavy (non-hydrogen) atoms. The molecule has 0 saturated carbocycles. The van der Waals surface area contributed by atoms with E-state index in [0.717, 1.165) is 10.6 Å². The predicted molar refractivity (Wildman–Crippen MR) is 103 cm³/mol. The van der Waals surface area contributed by atoms with Crippen molar-refractivity contribution in [2.75, 3.05) is 13.1 Å². The lowest BCUT2D eigenvalue weighted by atomic mass is 10.2. The lowest BCUT2D eigenvalue weighted by Gasteiger charge is -2.26. The Hall–Kier alpha value is -2.74. The Balaban J connectivity index is 2.01. The van der Waals surface area contributed by atoms with Gasteiger partial charge in [-0.15, -0.1) is 11.3 Å². The fourth-order valence-corrected chi connectivity index (χ4v) is 3.39. The van der Waals surface area contributed by atoms with Gasteiger partial charge in [-0.3, -0.25) is 9.59 Å². The number of nitrogens with one attached hydrogen (secondary N) is 1. The van der Waals surface area contributed by atoms with E-state index >= 15 is 0 Å². The monoisotopic (exact) mass is 389 g/mol.